The van der Waals surface area contributed by atoms with E-state index in [0.717, 1.165) is 30.6 Å². The van der Waals surface area contributed by atoms with Gasteiger partial charge in [-0.25, -0.2) is 9.59 Å². The van der Waals surface area contributed by atoms with Gasteiger partial charge in [-0.2, -0.15) is 0 Å². The highest BCUT2D eigenvalue weighted by atomic mass is 16.6. The smallest absolute Gasteiger partial charge is 0.410 e. The number of carbonyl (C=O) groups is 3. The molecule has 1 amide bonds. The molecule has 0 aromatic heterocycles. The van der Waals surface area contributed by atoms with E-state index in [1.807, 2.05) is 6.92 Å². The number of carboxylic acid groups (broad SMARTS) is 2. The zero-order valence-electron chi connectivity index (χ0n) is 13.6. The van der Waals surface area contributed by atoms with Crippen molar-refractivity contribution in [3.63, 3.8) is 0 Å². The SMILES string of the molecule is CCCCC(CC)COC(=O)N(C)[C@@H](CCC(=O)O)C(=O)O. The minimum Gasteiger partial charge on any atom is -0.481 e. The molecule has 0 saturated carbocycles. The molecule has 128 valence electrons. The molecule has 0 radical (unpaired) electrons. The lowest BCUT2D eigenvalue weighted by Crippen LogP contribution is -2.43. The third kappa shape index (κ3) is 7.85. The van der Waals surface area contributed by atoms with Gasteiger partial charge in [0.05, 0.1) is 6.61 Å². The minimum atomic E-state index is -1.24. The number of ether oxygens (including phenoxy) is 1. The summed E-state index contributed by atoms with van der Waals surface area (Å²) in [6.07, 6.45) is 2.78. The summed E-state index contributed by atoms with van der Waals surface area (Å²) in [5, 5.41) is 17.7. The predicted octanol–water partition coefficient (Wildman–Crippen LogP) is 2.59. The second kappa shape index (κ2) is 10.9. The van der Waals surface area contributed by atoms with Gasteiger partial charge in [-0.15, -0.1) is 0 Å². The lowest BCUT2D eigenvalue weighted by molar-refractivity contribution is -0.143. The molecule has 0 heterocycles. The van der Waals surface area contributed by atoms with Crippen LogP contribution in [0.4, 0.5) is 4.79 Å². The van der Waals surface area contributed by atoms with Gasteiger partial charge < -0.3 is 14.9 Å². The largest absolute Gasteiger partial charge is 0.481 e. The van der Waals surface area contributed by atoms with Crippen LogP contribution < -0.4 is 0 Å². The highest BCUT2D eigenvalue weighted by Gasteiger charge is 2.28. The fraction of sp³-hybridized carbons (Fsp3) is 0.800. The Morgan fingerprint density at radius 2 is 1.77 bits per heavy atom. The number of carbonyl (C=O) groups excluding carboxylic acids is 1. The van der Waals surface area contributed by atoms with Crippen LogP contribution >= 0.6 is 0 Å². The van der Waals surface area contributed by atoms with Crippen LogP contribution in [-0.2, 0) is 14.3 Å². The van der Waals surface area contributed by atoms with Gasteiger partial charge >= 0.3 is 18.0 Å². The maximum atomic E-state index is 11.9. The predicted molar refractivity (Wildman–Crippen MR) is 80.7 cm³/mol. The number of carboxylic acids is 2. The Bertz CT molecular complexity index is 371. The molecule has 7 heteroatoms. The van der Waals surface area contributed by atoms with Crippen LogP contribution in [0.1, 0.15) is 52.4 Å². The van der Waals surface area contributed by atoms with Crippen LogP contribution in [0, 0.1) is 5.92 Å². The summed E-state index contributed by atoms with van der Waals surface area (Å²) < 4.78 is 5.17. The Morgan fingerprint density at radius 3 is 2.23 bits per heavy atom. The summed E-state index contributed by atoms with van der Waals surface area (Å²) in [6.45, 7) is 4.36. The first kappa shape index (κ1) is 20.2. The third-order valence-corrected chi connectivity index (χ3v) is 3.66. The van der Waals surface area contributed by atoms with Crippen molar-refractivity contribution in [2.24, 2.45) is 5.92 Å². The fourth-order valence-electron chi connectivity index (χ4n) is 2.06. The van der Waals surface area contributed by atoms with E-state index in [9.17, 15) is 14.4 Å². The Morgan fingerprint density at radius 1 is 1.14 bits per heavy atom. The molecule has 1 unspecified atom stereocenters. The Hall–Kier alpha value is -1.79. The molecule has 0 aliphatic heterocycles. The van der Waals surface area contributed by atoms with Gasteiger partial charge in [-0.1, -0.05) is 33.1 Å². The van der Waals surface area contributed by atoms with Gasteiger partial charge in [0.15, 0.2) is 0 Å². The normalized spacial score (nSPS) is 13.2. The van der Waals surface area contributed by atoms with Crippen molar-refractivity contribution in [1.82, 2.24) is 4.90 Å². The molecular formula is C15H27NO6. The summed E-state index contributed by atoms with van der Waals surface area (Å²) >= 11 is 0. The van der Waals surface area contributed by atoms with Crippen LogP contribution in [0.5, 0.6) is 0 Å². The first-order valence-electron chi connectivity index (χ1n) is 7.67. The second-order valence-electron chi connectivity index (χ2n) is 5.39. The zero-order chi connectivity index (χ0) is 17.1. The van der Waals surface area contributed by atoms with Gasteiger partial charge in [0.1, 0.15) is 6.04 Å². The monoisotopic (exact) mass is 317 g/mol. The molecule has 0 aromatic rings. The van der Waals surface area contributed by atoms with Crippen molar-refractivity contribution in [1.29, 1.82) is 0 Å². The van der Waals surface area contributed by atoms with E-state index in [-0.39, 0.29) is 25.4 Å². The highest BCUT2D eigenvalue weighted by Crippen LogP contribution is 2.14. The van der Waals surface area contributed by atoms with E-state index < -0.39 is 24.1 Å². The van der Waals surface area contributed by atoms with E-state index in [2.05, 4.69) is 6.92 Å². The number of hydrogen-bond donors (Lipinski definition) is 2. The van der Waals surface area contributed by atoms with Crippen molar-refractivity contribution < 1.29 is 29.3 Å². The number of hydrogen-bond acceptors (Lipinski definition) is 4. The Kier molecular flexibility index (Phi) is 9.98. The molecule has 22 heavy (non-hydrogen) atoms. The number of amides is 1. The minimum absolute atomic E-state index is 0.149. The van der Waals surface area contributed by atoms with E-state index in [0.29, 0.717) is 0 Å². The van der Waals surface area contributed by atoms with Crippen LogP contribution in [0.25, 0.3) is 0 Å². The lowest BCUT2D eigenvalue weighted by Gasteiger charge is -2.25. The van der Waals surface area contributed by atoms with Crippen molar-refractivity contribution in [3.8, 4) is 0 Å². The van der Waals surface area contributed by atoms with Crippen molar-refractivity contribution in [2.75, 3.05) is 13.7 Å². The van der Waals surface area contributed by atoms with Crippen molar-refractivity contribution >= 4 is 18.0 Å². The average molecular weight is 317 g/mol. The summed E-state index contributed by atoms with van der Waals surface area (Å²) in [6, 6.07) is -1.20. The molecule has 0 rings (SSSR count). The molecule has 0 aliphatic carbocycles. The lowest BCUT2D eigenvalue weighted by atomic mass is 10.0. The molecule has 0 fully saturated rings. The molecule has 0 aliphatic rings. The molecule has 7 nitrogen and oxygen atoms in total. The first-order chi connectivity index (χ1) is 10.3. The third-order valence-electron chi connectivity index (χ3n) is 3.66. The van der Waals surface area contributed by atoms with Crippen molar-refractivity contribution in [2.45, 2.75) is 58.4 Å². The fourth-order valence-corrected chi connectivity index (χ4v) is 2.06. The van der Waals surface area contributed by atoms with Gasteiger partial charge in [0.25, 0.3) is 0 Å². The number of aliphatic carboxylic acids is 2. The summed E-state index contributed by atoms with van der Waals surface area (Å²) in [5.74, 6) is -2.07. The van der Waals surface area contributed by atoms with Crippen LogP contribution in [-0.4, -0.2) is 52.8 Å². The number of nitrogens with zero attached hydrogens (tertiary/aromatic N) is 1. The summed E-state index contributed by atoms with van der Waals surface area (Å²) in [4.78, 5) is 34.6. The Labute approximate surface area is 131 Å². The maximum absolute atomic E-state index is 11.9. The number of likely N-dealkylation sites (N-methyl/N-ethyl adjacent to an activating group) is 1. The first-order valence-corrected chi connectivity index (χ1v) is 7.67. The molecule has 0 spiro atoms. The zero-order valence-corrected chi connectivity index (χ0v) is 13.6. The van der Waals surface area contributed by atoms with E-state index in [1.54, 1.807) is 0 Å². The van der Waals surface area contributed by atoms with Gasteiger partial charge in [0.2, 0.25) is 0 Å². The summed E-state index contributed by atoms with van der Waals surface area (Å²) in [7, 11) is 1.32. The number of unbranched alkanes of at least 4 members (excludes halogenated alkanes) is 1. The standard InChI is InChI=1S/C15H27NO6/c1-4-6-7-11(5-2)10-22-15(21)16(3)12(14(19)20)8-9-13(17)18/h11-12H,4-10H2,1-3H3,(H,17,18)(H,19,20)/t11?,12-/m0/s1. The van der Waals surface area contributed by atoms with Gasteiger partial charge in [-0.05, 0) is 18.8 Å². The maximum Gasteiger partial charge on any atom is 0.410 e. The van der Waals surface area contributed by atoms with Crippen molar-refractivity contribution in [3.05, 3.63) is 0 Å². The molecule has 0 saturated heterocycles. The molecule has 0 aromatic carbocycles. The van der Waals surface area contributed by atoms with Gasteiger partial charge in [-0.3, -0.25) is 9.69 Å². The van der Waals surface area contributed by atoms with E-state index >= 15 is 0 Å². The van der Waals surface area contributed by atoms with E-state index in [4.69, 9.17) is 14.9 Å². The summed E-state index contributed by atoms with van der Waals surface area (Å²) in [5.41, 5.74) is 0. The Balaban J connectivity index is 4.46. The molecular weight excluding hydrogens is 290 g/mol. The van der Waals surface area contributed by atoms with E-state index in [1.165, 1.54) is 7.05 Å². The second-order valence-corrected chi connectivity index (χ2v) is 5.39. The highest BCUT2D eigenvalue weighted by molar-refractivity contribution is 5.80. The quantitative estimate of drug-likeness (QED) is 0.607. The van der Waals surface area contributed by atoms with Crippen LogP contribution in [0.2, 0.25) is 0 Å². The van der Waals surface area contributed by atoms with Crippen LogP contribution in [0.3, 0.4) is 0 Å². The topological polar surface area (TPSA) is 104 Å². The van der Waals surface area contributed by atoms with Gasteiger partial charge in [0, 0.05) is 13.5 Å². The molecule has 0 bridgehead atoms. The molecule has 2 N–H and O–H groups in total. The average Bonchev–Trinajstić information content (AvgIpc) is 2.46. The molecule has 2 atom stereocenters. The van der Waals surface area contributed by atoms with Crippen LogP contribution in [0.15, 0.2) is 0 Å². The number of rotatable bonds is 11.